The molecule has 0 aromatic heterocycles. The second-order valence-corrected chi connectivity index (χ2v) is 10.8. The average molecular weight is 487 g/mol. The molecule has 1 aliphatic heterocycles. The molecule has 3 rings (SSSR count). The molecule has 0 bridgehead atoms. The van der Waals surface area contributed by atoms with E-state index in [-0.39, 0.29) is 6.10 Å². The highest BCUT2D eigenvalue weighted by Crippen LogP contribution is 2.28. The lowest BCUT2D eigenvalue weighted by Gasteiger charge is -2.35. The standard InChI is InChI=1S/C9H18O.C8H16O.C7H14.2C3H8.C2H6/c1-3-5-6-9-7-8(4-2)10-9;1-6-3-4-8(9)7(2)5-6;1-7-5-3-2-4-6-7;2*1-3-2;1-2/h8-9H,3-7H2,1-2H3;6-9H,3-5H2,1-2H3;7H,2-6H2,1H3;2*3H2,1-2H3;1-2H3. The minimum absolute atomic E-state index is 0.0128. The lowest BCUT2D eigenvalue weighted by molar-refractivity contribution is -0.128. The fourth-order valence-electron chi connectivity index (χ4n) is 4.39. The van der Waals surface area contributed by atoms with Crippen molar-refractivity contribution in [2.75, 3.05) is 0 Å². The zero-order valence-electron chi connectivity index (χ0n) is 25.9. The van der Waals surface area contributed by atoms with E-state index in [0.717, 1.165) is 18.3 Å². The first-order chi connectivity index (χ1) is 16.3. The van der Waals surface area contributed by atoms with Gasteiger partial charge in [0.15, 0.2) is 0 Å². The van der Waals surface area contributed by atoms with Crippen molar-refractivity contribution in [2.24, 2.45) is 17.8 Å². The van der Waals surface area contributed by atoms with Gasteiger partial charge in [0.2, 0.25) is 0 Å². The van der Waals surface area contributed by atoms with Crippen LogP contribution in [0.1, 0.15) is 172 Å². The van der Waals surface area contributed by atoms with Gasteiger partial charge in [0.1, 0.15) is 0 Å². The molecule has 0 aromatic carbocycles. The fraction of sp³-hybridized carbons (Fsp3) is 1.00. The molecule has 5 unspecified atom stereocenters. The number of ether oxygens (including phenoxy) is 1. The summed E-state index contributed by atoms with van der Waals surface area (Å²) in [5.74, 6) is 2.41. The average Bonchev–Trinajstić information content (AvgIpc) is 2.80. The van der Waals surface area contributed by atoms with Crippen LogP contribution in [-0.2, 0) is 4.74 Å². The van der Waals surface area contributed by atoms with Gasteiger partial charge in [-0.3, -0.25) is 0 Å². The first kappa shape index (κ1) is 38.5. The zero-order valence-corrected chi connectivity index (χ0v) is 25.9. The number of unbranched alkanes of at least 4 members (excludes halogenated alkanes) is 1. The van der Waals surface area contributed by atoms with Crippen LogP contribution in [0.4, 0.5) is 0 Å². The Balaban J connectivity index is -0.000000371. The summed E-state index contributed by atoms with van der Waals surface area (Å²) in [6.45, 7) is 23.7. The third kappa shape index (κ3) is 25.0. The summed E-state index contributed by atoms with van der Waals surface area (Å²) >= 11 is 0. The molecule has 1 heterocycles. The maximum absolute atomic E-state index is 9.30. The number of aliphatic hydroxyl groups excluding tert-OH is 1. The maximum atomic E-state index is 9.30. The Bertz CT molecular complexity index is 340. The summed E-state index contributed by atoms with van der Waals surface area (Å²) in [7, 11) is 0. The molecule has 1 saturated heterocycles. The molecule has 2 nitrogen and oxygen atoms in total. The van der Waals surface area contributed by atoms with E-state index in [2.05, 4.69) is 62.3 Å². The van der Waals surface area contributed by atoms with Gasteiger partial charge in [-0.25, -0.2) is 0 Å². The van der Waals surface area contributed by atoms with E-state index >= 15 is 0 Å². The van der Waals surface area contributed by atoms with E-state index in [0.29, 0.717) is 18.1 Å². The van der Waals surface area contributed by atoms with E-state index in [1.54, 1.807) is 0 Å². The lowest BCUT2D eigenvalue weighted by Crippen LogP contribution is -2.36. The molecule has 0 aromatic rings. The van der Waals surface area contributed by atoms with Gasteiger partial charge in [-0.05, 0) is 56.3 Å². The van der Waals surface area contributed by atoms with Gasteiger partial charge in [-0.1, -0.05) is 134 Å². The van der Waals surface area contributed by atoms with Gasteiger partial charge in [-0.15, -0.1) is 0 Å². The van der Waals surface area contributed by atoms with Crippen LogP contribution in [0.3, 0.4) is 0 Å². The third-order valence-electron chi connectivity index (χ3n) is 6.53. The molecule has 1 N–H and O–H groups in total. The van der Waals surface area contributed by atoms with Crippen LogP contribution in [0.25, 0.3) is 0 Å². The highest BCUT2D eigenvalue weighted by Gasteiger charge is 2.27. The molecule has 2 aliphatic carbocycles. The highest BCUT2D eigenvalue weighted by molar-refractivity contribution is 4.76. The molecule has 3 aliphatic rings. The Kier molecular flexibility index (Phi) is 33.0. The van der Waals surface area contributed by atoms with E-state index in [4.69, 9.17) is 4.74 Å². The Labute approximate surface area is 218 Å². The summed E-state index contributed by atoms with van der Waals surface area (Å²) in [5, 5.41) is 9.30. The van der Waals surface area contributed by atoms with Crippen LogP contribution in [-0.4, -0.2) is 23.4 Å². The van der Waals surface area contributed by atoms with Gasteiger partial charge in [0, 0.05) is 0 Å². The van der Waals surface area contributed by atoms with Crippen molar-refractivity contribution in [3.8, 4) is 0 Å². The largest absolute Gasteiger partial charge is 0.393 e. The first-order valence-corrected chi connectivity index (χ1v) is 15.6. The summed E-state index contributed by atoms with van der Waals surface area (Å²) in [6.07, 6.45) is 21.0. The van der Waals surface area contributed by atoms with Crippen molar-refractivity contribution >= 4 is 0 Å². The van der Waals surface area contributed by atoms with E-state index in [1.165, 1.54) is 89.9 Å². The number of hydrogen-bond donors (Lipinski definition) is 1. The molecule has 0 radical (unpaired) electrons. The minimum Gasteiger partial charge on any atom is -0.393 e. The molecule has 210 valence electrons. The Morgan fingerprint density at radius 1 is 0.676 bits per heavy atom. The molecule has 34 heavy (non-hydrogen) atoms. The van der Waals surface area contributed by atoms with Crippen LogP contribution < -0.4 is 0 Å². The van der Waals surface area contributed by atoms with Gasteiger partial charge < -0.3 is 9.84 Å². The molecule has 3 fully saturated rings. The molecule has 0 amide bonds. The normalized spacial score (nSPS) is 27.7. The monoisotopic (exact) mass is 487 g/mol. The second-order valence-electron chi connectivity index (χ2n) is 10.8. The van der Waals surface area contributed by atoms with Crippen molar-refractivity contribution in [3.05, 3.63) is 0 Å². The van der Waals surface area contributed by atoms with E-state index in [9.17, 15) is 5.11 Å². The van der Waals surface area contributed by atoms with E-state index in [1.807, 2.05) is 13.8 Å². The molecular weight excluding hydrogens is 416 g/mol. The SMILES string of the molecule is CC.CC1CCC(O)C(C)C1.CC1CCCCC1.CCC.CCC.CCCCC1CC(CC)O1. The van der Waals surface area contributed by atoms with Crippen molar-refractivity contribution in [1.29, 1.82) is 0 Å². The Hall–Kier alpha value is -0.0800. The van der Waals surface area contributed by atoms with Crippen molar-refractivity contribution in [3.63, 3.8) is 0 Å². The number of rotatable bonds is 4. The second kappa shape index (κ2) is 29.2. The zero-order chi connectivity index (χ0) is 26.8. The van der Waals surface area contributed by atoms with Crippen molar-refractivity contribution in [2.45, 2.75) is 191 Å². The summed E-state index contributed by atoms with van der Waals surface area (Å²) < 4.78 is 5.59. The smallest absolute Gasteiger partial charge is 0.0603 e. The van der Waals surface area contributed by atoms with Crippen LogP contribution in [0.5, 0.6) is 0 Å². The lowest BCUT2D eigenvalue weighted by atomic mass is 9.81. The summed E-state index contributed by atoms with van der Waals surface area (Å²) in [4.78, 5) is 0. The topological polar surface area (TPSA) is 29.5 Å². The highest BCUT2D eigenvalue weighted by atomic mass is 16.5. The first-order valence-electron chi connectivity index (χ1n) is 15.6. The molecule has 2 heteroatoms. The molecule has 2 saturated carbocycles. The Morgan fingerprint density at radius 2 is 1.18 bits per heavy atom. The summed E-state index contributed by atoms with van der Waals surface area (Å²) in [6, 6.07) is 0. The molecule has 5 atom stereocenters. The van der Waals surface area contributed by atoms with Crippen LogP contribution in [0.2, 0.25) is 0 Å². The third-order valence-corrected chi connectivity index (χ3v) is 6.53. The van der Waals surface area contributed by atoms with E-state index < -0.39 is 0 Å². The molecule has 0 spiro atoms. The van der Waals surface area contributed by atoms with Crippen LogP contribution >= 0.6 is 0 Å². The molecular formula is C32H70O2. The van der Waals surface area contributed by atoms with Crippen molar-refractivity contribution in [1.82, 2.24) is 0 Å². The summed E-state index contributed by atoms with van der Waals surface area (Å²) in [5.41, 5.74) is 0. The maximum Gasteiger partial charge on any atom is 0.0603 e. The van der Waals surface area contributed by atoms with Gasteiger partial charge >= 0.3 is 0 Å². The fourth-order valence-corrected chi connectivity index (χ4v) is 4.39. The van der Waals surface area contributed by atoms with Crippen LogP contribution in [0, 0.1) is 17.8 Å². The predicted octanol–water partition coefficient (Wildman–Crippen LogP) is 11.0. The number of hydrogen-bond acceptors (Lipinski definition) is 2. The van der Waals surface area contributed by atoms with Gasteiger partial charge in [0.25, 0.3) is 0 Å². The van der Waals surface area contributed by atoms with Crippen LogP contribution in [0.15, 0.2) is 0 Å². The van der Waals surface area contributed by atoms with Gasteiger partial charge in [0.05, 0.1) is 18.3 Å². The van der Waals surface area contributed by atoms with Crippen molar-refractivity contribution < 1.29 is 9.84 Å². The minimum atomic E-state index is -0.0128. The van der Waals surface area contributed by atoms with Gasteiger partial charge in [-0.2, -0.15) is 0 Å². The Morgan fingerprint density at radius 3 is 1.50 bits per heavy atom. The number of aliphatic hydroxyl groups is 1. The quantitative estimate of drug-likeness (QED) is 0.428. The predicted molar refractivity (Wildman–Crippen MR) is 157 cm³/mol.